The second kappa shape index (κ2) is 4.07. The van der Waals surface area contributed by atoms with Crippen LogP contribution in [0.25, 0.3) is 0 Å². The molecule has 1 N–H and O–H groups in total. The van der Waals surface area contributed by atoms with Crippen LogP contribution in [0.15, 0.2) is 0 Å². The predicted octanol–water partition coefficient (Wildman–Crippen LogP) is 1.70. The first-order valence-electron chi connectivity index (χ1n) is 3.80. The van der Waals surface area contributed by atoms with Gasteiger partial charge in [0, 0.05) is 0 Å². The fourth-order valence-corrected chi connectivity index (χ4v) is 1.15. The van der Waals surface area contributed by atoms with Gasteiger partial charge in [-0.25, -0.2) is 0 Å². The highest BCUT2D eigenvalue weighted by Crippen LogP contribution is 2.11. The molecular formula is C7H16O3S. The van der Waals surface area contributed by atoms with Crippen LogP contribution in [0.1, 0.15) is 33.6 Å². The van der Waals surface area contributed by atoms with E-state index in [0.717, 1.165) is 6.42 Å². The van der Waals surface area contributed by atoms with Crippen LogP contribution in [0.3, 0.4) is 0 Å². The quantitative estimate of drug-likeness (QED) is 0.670. The number of rotatable bonds is 4. The Kier molecular flexibility index (Phi) is 4.03. The van der Waals surface area contributed by atoms with Crippen LogP contribution in [0.5, 0.6) is 0 Å². The monoisotopic (exact) mass is 180 g/mol. The van der Waals surface area contributed by atoms with Crippen LogP contribution in [-0.2, 0) is 10.1 Å². The normalized spacial score (nSPS) is 15.4. The summed E-state index contributed by atoms with van der Waals surface area (Å²) in [4.78, 5) is 0. The second-order valence-electron chi connectivity index (χ2n) is 3.30. The number of hydrogen-bond acceptors (Lipinski definition) is 2. The van der Waals surface area contributed by atoms with Crippen molar-refractivity contribution in [2.75, 3.05) is 0 Å². The fraction of sp³-hybridized carbons (Fsp3) is 1.00. The predicted molar refractivity (Wildman–Crippen MR) is 45.1 cm³/mol. The summed E-state index contributed by atoms with van der Waals surface area (Å²) in [5, 5.41) is -0.620. The topological polar surface area (TPSA) is 54.4 Å². The Labute approximate surface area is 68.6 Å². The van der Waals surface area contributed by atoms with E-state index in [4.69, 9.17) is 4.55 Å². The lowest BCUT2D eigenvalue weighted by atomic mass is 10.1. The third-order valence-corrected chi connectivity index (χ3v) is 2.91. The molecule has 0 aliphatic carbocycles. The van der Waals surface area contributed by atoms with E-state index in [0.29, 0.717) is 12.3 Å². The molecule has 0 spiro atoms. The minimum atomic E-state index is -3.80. The van der Waals surface area contributed by atoms with Crippen molar-refractivity contribution in [3.8, 4) is 0 Å². The summed E-state index contributed by atoms with van der Waals surface area (Å²) in [6, 6.07) is 0. The molecule has 1 unspecified atom stereocenters. The zero-order chi connectivity index (χ0) is 9.07. The van der Waals surface area contributed by atoms with E-state index in [9.17, 15) is 8.42 Å². The molecule has 0 saturated carbocycles. The third kappa shape index (κ3) is 5.21. The van der Waals surface area contributed by atoms with Gasteiger partial charge in [-0.15, -0.1) is 0 Å². The molecule has 0 bridgehead atoms. The molecule has 0 saturated heterocycles. The minimum absolute atomic E-state index is 0.485. The van der Waals surface area contributed by atoms with E-state index in [2.05, 4.69) is 0 Å². The number of hydrogen-bond donors (Lipinski definition) is 1. The summed E-state index contributed by atoms with van der Waals surface area (Å²) >= 11 is 0. The van der Waals surface area contributed by atoms with Gasteiger partial charge in [0.1, 0.15) is 0 Å². The molecule has 1 atom stereocenters. The van der Waals surface area contributed by atoms with Gasteiger partial charge < -0.3 is 0 Å². The Morgan fingerprint density at radius 1 is 1.18 bits per heavy atom. The maximum absolute atomic E-state index is 10.5. The van der Waals surface area contributed by atoms with Gasteiger partial charge in [0.05, 0.1) is 5.25 Å². The summed E-state index contributed by atoms with van der Waals surface area (Å²) in [6.07, 6.45) is 1.37. The van der Waals surface area contributed by atoms with Gasteiger partial charge >= 0.3 is 0 Å². The highest BCUT2D eigenvalue weighted by Gasteiger charge is 2.16. The van der Waals surface area contributed by atoms with Crippen molar-refractivity contribution >= 4 is 10.1 Å². The van der Waals surface area contributed by atoms with Gasteiger partial charge in [-0.1, -0.05) is 13.8 Å². The zero-order valence-electron chi connectivity index (χ0n) is 7.24. The summed E-state index contributed by atoms with van der Waals surface area (Å²) in [5.74, 6) is 0.485. The molecule has 11 heavy (non-hydrogen) atoms. The van der Waals surface area contributed by atoms with E-state index in [1.54, 1.807) is 0 Å². The van der Waals surface area contributed by atoms with E-state index < -0.39 is 15.4 Å². The highest BCUT2D eigenvalue weighted by atomic mass is 32.2. The average Bonchev–Trinajstić information content (AvgIpc) is 1.80. The van der Waals surface area contributed by atoms with Crippen LogP contribution in [0.2, 0.25) is 0 Å². The first kappa shape index (κ1) is 10.9. The molecule has 0 aromatic carbocycles. The smallest absolute Gasteiger partial charge is 0.267 e. The van der Waals surface area contributed by atoms with Gasteiger partial charge in [-0.3, -0.25) is 4.55 Å². The molecule has 3 nitrogen and oxygen atoms in total. The van der Waals surface area contributed by atoms with Gasteiger partial charge in [-0.2, -0.15) is 8.42 Å². The van der Waals surface area contributed by atoms with Gasteiger partial charge in [0.25, 0.3) is 10.1 Å². The Hall–Kier alpha value is -0.0900. The van der Waals surface area contributed by atoms with Crippen molar-refractivity contribution in [2.24, 2.45) is 5.92 Å². The van der Waals surface area contributed by atoms with Gasteiger partial charge in [-0.05, 0) is 25.7 Å². The Morgan fingerprint density at radius 3 is 1.91 bits per heavy atom. The first-order valence-corrected chi connectivity index (χ1v) is 5.30. The molecule has 0 fully saturated rings. The molecule has 0 amide bonds. The first-order chi connectivity index (χ1) is 4.84. The van der Waals surface area contributed by atoms with E-state index in [-0.39, 0.29) is 0 Å². The fourth-order valence-electron chi connectivity index (χ4n) is 0.717. The SMILES string of the molecule is CC(C)CCC(C)S(=O)(=O)O. The van der Waals surface area contributed by atoms with Gasteiger partial charge in [0.15, 0.2) is 0 Å². The third-order valence-electron chi connectivity index (χ3n) is 1.66. The molecule has 0 aromatic heterocycles. The Bertz CT molecular complexity index is 194. The lowest BCUT2D eigenvalue weighted by Crippen LogP contribution is -2.16. The Balaban J connectivity index is 3.81. The Morgan fingerprint density at radius 2 is 1.64 bits per heavy atom. The summed E-state index contributed by atoms with van der Waals surface area (Å²) in [7, 11) is -3.80. The van der Waals surface area contributed by atoms with Crippen LogP contribution in [0.4, 0.5) is 0 Å². The van der Waals surface area contributed by atoms with Crippen molar-refractivity contribution in [1.29, 1.82) is 0 Å². The summed E-state index contributed by atoms with van der Waals surface area (Å²) in [6.45, 7) is 5.57. The van der Waals surface area contributed by atoms with Crippen molar-refractivity contribution in [2.45, 2.75) is 38.9 Å². The standard InChI is InChI=1S/C7H16O3S/c1-6(2)4-5-7(3)11(8,9)10/h6-7H,4-5H2,1-3H3,(H,8,9,10). The molecule has 0 aliphatic heterocycles. The molecule has 4 heteroatoms. The molecule has 0 aromatic rings. The second-order valence-corrected chi connectivity index (χ2v) is 5.13. The summed E-state index contributed by atoms with van der Waals surface area (Å²) in [5.41, 5.74) is 0. The largest absolute Gasteiger partial charge is 0.285 e. The molecule has 0 rings (SSSR count). The van der Waals surface area contributed by atoms with E-state index in [1.165, 1.54) is 6.92 Å². The maximum atomic E-state index is 10.5. The molecule has 0 aliphatic rings. The van der Waals surface area contributed by atoms with E-state index >= 15 is 0 Å². The average molecular weight is 180 g/mol. The van der Waals surface area contributed by atoms with E-state index in [1.807, 2.05) is 13.8 Å². The van der Waals surface area contributed by atoms with Gasteiger partial charge in [0.2, 0.25) is 0 Å². The molecule has 0 radical (unpaired) electrons. The van der Waals surface area contributed by atoms with Crippen molar-refractivity contribution in [1.82, 2.24) is 0 Å². The molecular weight excluding hydrogens is 164 g/mol. The van der Waals surface area contributed by atoms with Crippen LogP contribution in [-0.4, -0.2) is 18.2 Å². The lowest BCUT2D eigenvalue weighted by molar-refractivity contribution is 0.455. The summed E-state index contributed by atoms with van der Waals surface area (Å²) < 4.78 is 29.6. The van der Waals surface area contributed by atoms with Crippen LogP contribution >= 0.6 is 0 Å². The highest BCUT2D eigenvalue weighted by molar-refractivity contribution is 7.86. The molecule has 68 valence electrons. The lowest BCUT2D eigenvalue weighted by Gasteiger charge is -2.08. The molecule has 0 heterocycles. The van der Waals surface area contributed by atoms with Crippen LogP contribution < -0.4 is 0 Å². The van der Waals surface area contributed by atoms with Crippen LogP contribution in [0, 0.1) is 5.92 Å². The minimum Gasteiger partial charge on any atom is -0.285 e. The van der Waals surface area contributed by atoms with Crippen molar-refractivity contribution in [3.63, 3.8) is 0 Å². The zero-order valence-corrected chi connectivity index (χ0v) is 8.06. The van der Waals surface area contributed by atoms with Crippen molar-refractivity contribution < 1.29 is 13.0 Å². The maximum Gasteiger partial charge on any atom is 0.267 e. The van der Waals surface area contributed by atoms with Crippen molar-refractivity contribution in [3.05, 3.63) is 0 Å².